The summed E-state index contributed by atoms with van der Waals surface area (Å²) in [5.74, 6) is 1.60. The van der Waals surface area contributed by atoms with E-state index in [0.29, 0.717) is 0 Å². The van der Waals surface area contributed by atoms with Crippen molar-refractivity contribution < 1.29 is 5.11 Å². The van der Waals surface area contributed by atoms with E-state index in [4.69, 9.17) is 0 Å². The average Bonchev–Trinajstić information content (AvgIpc) is 2.15. The zero-order valence-corrected chi connectivity index (χ0v) is 10.1. The molecule has 0 radical (unpaired) electrons. The number of aromatic nitrogens is 2. The van der Waals surface area contributed by atoms with E-state index in [9.17, 15) is 5.11 Å². The smallest absolute Gasteiger partial charge is 0.132 e. The first-order valence-electron chi connectivity index (χ1n) is 5.04. The molecule has 1 aromatic heterocycles. The number of rotatable bonds is 3. The molecule has 0 unspecified atom stereocenters. The van der Waals surface area contributed by atoms with Crippen LogP contribution in [-0.2, 0) is 0 Å². The van der Waals surface area contributed by atoms with Crippen molar-refractivity contribution in [1.29, 1.82) is 0 Å². The van der Waals surface area contributed by atoms with Crippen LogP contribution >= 0.6 is 0 Å². The molecule has 1 aromatic rings. The summed E-state index contributed by atoms with van der Waals surface area (Å²) in [6.07, 6.45) is 0. The minimum Gasteiger partial charge on any atom is -0.394 e. The predicted molar refractivity (Wildman–Crippen MR) is 61.1 cm³/mol. The van der Waals surface area contributed by atoms with E-state index in [1.165, 1.54) is 0 Å². The Bertz CT molecular complexity index is 329. The first-order valence-corrected chi connectivity index (χ1v) is 5.04. The maximum atomic E-state index is 9.28. The highest BCUT2D eigenvalue weighted by Crippen LogP contribution is 2.20. The molecule has 84 valence electrons. The fraction of sp³-hybridized carbons (Fsp3) is 0.636. The van der Waals surface area contributed by atoms with E-state index < -0.39 is 0 Å². The van der Waals surface area contributed by atoms with Crippen molar-refractivity contribution in [2.24, 2.45) is 0 Å². The Hall–Kier alpha value is -1.16. The third kappa shape index (κ3) is 2.65. The van der Waals surface area contributed by atoms with Crippen LogP contribution in [0.5, 0.6) is 0 Å². The summed E-state index contributed by atoms with van der Waals surface area (Å²) in [5.41, 5.74) is 0.630. The third-order valence-electron chi connectivity index (χ3n) is 2.59. The van der Waals surface area contributed by atoms with Crippen LogP contribution in [0.2, 0.25) is 0 Å². The van der Waals surface area contributed by atoms with Crippen LogP contribution in [0.15, 0.2) is 6.07 Å². The number of anilines is 1. The second-order valence-corrected chi connectivity index (χ2v) is 4.44. The maximum absolute atomic E-state index is 9.28. The second-order valence-electron chi connectivity index (χ2n) is 4.44. The SMILES string of the molecule is Cc1cc(N(C)C(C)(C)CO)nc(C)n1. The molecular formula is C11H19N3O. The molecule has 4 heteroatoms. The summed E-state index contributed by atoms with van der Waals surface area (Å²) in [6, 6.07) is 1.92. The molecule has 0 aromatic carbocycles. The van der Waals surface area contributed by atoms with Crippen LogP contribution in [0.4, 0.5) is 5.82 Å². The topological polar surface area (TPSA) is 49.2 Å². The molecule has 0 bridgehead atoms. The van der Waals surface area contributed by atoms with Gasteiger partial charge in [0.05, 0.1) is 12.1 Å². The van der Waals surface area contributed by atoms with Crippen LogP contribution in [-0.4, -0.2) is 34.3 Å². The molecule has 0 saturated carbocycles. The van der Waals surface area contributed by atoms with Crippen LogP contribution in [0.1, 0.15) is 25.4 Å². The quantitative estimate of drug-likeness (QED) is 0.815. The molecule has 0 atom stereocenters. The molecule has 0 aliphatic heterocycles. The minimum atomic E-state index is -0.312. The Morgan fingerprint density at radius 3 is 2.40 bits per heavy atom. The van der Waals surface area contributed by atoms with Crippen molar-refractivity contribution in [3.05, 3.63) is 17.6 Å². The van der Waals surface area contributed by atoms with E-state index in [1.54, 1.807) is 0 Å². The molecule has 0 aliphatic carbocycles. The van der Waals surface area contributed by atoms with Crippen molar-refractivity contribution >= 4 is 5.82 Å². The zero-order valence-electron chi connectivity index (χ0n) is 10.1. The van der Waals surface area contributed by atoms with Crippen LogP contribution in [0.25, 0.3) is 0 Å². The molecule has 0 fully saturated rings. The number of nitrogens with zero attached hydrogens (tertiary/aromatic N) is 3. The Balaban J connectivity index is 3.06. The van der Waals surface area contributed by atoms with Gasteiger partial charge < -0.3 is 10.0 Å². The van der Waals surface area contributed by atoms with Gasteiger partial charge in [-0.1, -0.05) is 0 Å². The molecule has 1 rings (SSSR count). The highest BCUT2D eigenvalue weighted by atomic mass is 16.3. The molecule has 0 aliphatic rings. The highest BCUT2D eigenvalue weighted by molar-refractivity contribution is 5.41. The van der Waals surface area contributed by atoms with Crippen molar-refractivity contribution in [2.45, 2.75) is 33.2 Å². The first-order chi connectivity index (χ1) is 6.86. The van der Waals surface area contributed by atoms with Gasteiger partial charge in [0.1, 0.15) is 11.6 Å². The number of hydrogen-bond donors (Lipinski definition) is 1. The second kappa shape index (κ2) is 4.14. The van der Waals surface area contributed by atoms with Crippen molar-refractivity contribution in [3.63, 3.8) is 0 Å². The summed E-state index contributed by atoms with van der Waals surface area (Å²) < 4.78 is 0. The monoisotopic (exact) mass is 209 g/mol. The lowest BCUT2D eigenvalue weighted by molar-refractivity contribution is 0.215. The number of hydrogen-bond acceptors (Lipinski definition) is 4. The van der Waals surface area contributed by atoms with Gasteiger partial charge in [0, 0.05) is 18.8 Å². The lowest BCUT2D eigenvalue weighted by Gasteiger charge is -2.35. The van der Waals surface area contributed by atoms with E-state index >= 15 is 0 Å². The predicted octanol–water partition coefficient (Wildman–Crippen LogP) is 1.30. The summed E-state index contributed by atoms with van der Waals surface area (Å²) in [7, 11) is 1.93. The normalized spacial score (nSPS) is 11.6. The summed E-state index contributed by atoms with van der Waals surface area (Å²) in [4.78, 5) is 10.5. The van der Waals surface area contributed by atoms with E-state index in [-0.39, 0.29) is 12.1 Å². The number of aliphatic hydroxyl groups is 1. The van der Waals surface area contributed by atoms with Crippen LogP contribution in [0, 0.1) is 13.8 Å². The fourth-order valence-corrected chi connectivity index (χ4v) is 1.29. The highest BCUT2D eigenvalue weighted by Gasteiger charge is 2.23. The Kier molecular flexibility index (Phi) is 3.29. The minimum absolute atomic E-state index is 0.0889. The number of aryl methyl sites for hydroxylation is 2. The molecule has 1 heterocycles. The van der Waals surface area contributed by atoms with E-state index in [2.05, 4.69) is 9.97 Å². The van der Waals surface area contributed by atoms with Gasteiger partial charge in [0.2, 0.25) is 0 Å². The van der Waals surface area contributed by atoms with Gasteiger partial charge in [-0.05, 0) is 27.7 Å². The standard InChI is InChI=1S/C11H19N3O/c1-8-6-10(13-9(2)12-8)14(5)11(3,4)7-15/h6,15H,7H2,1-5H3. The molecule has 0 spiro atoms. The molecule has 0 amide bonds. The van der Waals surface area contributed by atoms with Crippen molar-refractivity contribution in [2.75, 3.05) is 18.6 Å². The van der Waals surface area contributed by atoms with Gasteiger partial charge in [-0.15, -0.1) is 0 Å². The lowest BCUT2D eigenvalue weighted by atomic mass is 10.1. The van der Waals surface area contributed by atoms with Gasteiger partial charge in [0.15, 0.2) is 0 Å². The van der Waals surface area contributed by atoms with Gasteiger partial charge in [-0.2, -0.15) is 0 Å². The van der Waals surface area contributed by atoms with Crippen LogP contribution in [0.3, 0.4) is 0 Å². The number of likely N-dealkylation sites (N-methyl/N-ethyl adjacent to an activating group) is 1. The lowest BCUT2D eigenvalue weighted by Crippen LogP contribution is -2.45. The average molecular weight is 209 g/mol. The summed E-state index contributed by atoms with van der Waals surface area (Å²) in [5, 5.41) is 9.28. The summed E-state index contributed by atoms with van der Waals surface area (Å²) >= 11 is 0. The third-order valence-corrected chi connectivity index (χ3v) is 2.59. The summed E-state index contributed by atoms with van der Waals surface area (Å²) in [6.45, 7) is 7.85. The van der Waals surface area contributed by atoms with Gasteiger partial charge in [0.25, 0.3) is 0 Å². The molecule has 1 N–H and O–H groups in total. The van der Waals surface area contributed by atoms with Crippen molar-refractivity contribution in [3.8, 4) is 0 Å². The molecule has 0 saturated heterocycles. The zero-order chi connectivity index (χ0) is 11.6. The van der Waals surface area contributed by atoms with Crippen LogP contribution < -0.4 is 4.90 Å². The molecule has 4 nitrogen and oxygen atoms in total. The number of aliphatic hydroxyl groups excluding tert-OH is 1. The Labute approximate surface area is 91.0 Å². The van der Waals surface area contributed by atoms with E-state index in [0.717, 1.165) is 17.3 Å². The first kappa shape index (κ1) is 11.9. The van der Waals surface area contributed by atoms with Gasteiger partial charge in [-0.25, -0.2) is 9.97 Å². The Morgan fingerprint density at radius 1 is 1.33 bits per heavy atom. The van der Waals surface area contributed by atoms with Gasteiger partial charge in [-0.3, -0.25) is 0 Å². The Morgan fingerprint density at radius 2 is 1.93 bits per heavy atom. The largest absolute Gasteiger partial charge is 0.394 e. The maximum Gasteiger partial charge on any atom is 0.132 e. The van der Waals surface area contributed by atoms with Crippen molar-refractivity contribution in [1.82, 2.24) is 9.97 Å². The fourth-order valence-electron chi connectivity index (χ4n) is 1.29. The van der Waals surface area contributed by atoms with E-state index in [1.807, 2.05) is 45.7 Å². The molecular weight excluding hydrogens is 190 g/mol. The van der Waals surface area contributed by atoms with Gasteiger partial charge >= 0.3 is 0 Å². The molecule has 15 heavy (non-hydrogen) atoms.